The second-order valence-electron chi connectivity index (χ2n) is 12.0. The zero-order chi connectivity index (χ0) is 23.3. The van der Waals surface area contributed by atoms with Crippen LogP contribution in [0.2, 0.25) is 0 Å². The second kappa shape index (κ2) is 6.04. The number of piperidine rings is 1. The van der Waals surface area contributed by atoms with E-state index in [0.717, 1.165) is 84.5 Å². The summed E-state index contributed by atoms with van der Waals surface area (Å²) in [6, 6.07) is 7.17. The molecular formula is C29H29FN2O3. The van der Waals surface area contributed by atoms with Gasteiger partial charge in [-0.25, -0.2) is 4.39 Å². The van der Waals surface area contributed by atoms with E-state index in [0.29, 0.717) is 12.2 Å². The number of rotatable bonds is 2. The van der Waals surface area contributed by atoms with Crippen LogP contribution in [0, 0.1) is 11.7 Å². The summed E-state index contributed by atoms with van der Waals surface area (Å²) in [6.07, 6.45) is 6.12. The SMILES string of the molecule is Oc1ccc2c3c1O[C@H]1c4c(c5cc(F)cc6c5n4CCC6)C[C@@]4(O)[C@@H](C2)N(CC2CC2)CC[C@]314. The third-order valence-electron chi connectivity index (χ3n) is 10.4. The minimum atomic E-state index is -1.02. The summed E-state index contributed by atoms with van der Waals surface area (Å²) in [6.45, 7) is 2.86. The molecule has 180 valence electrons. The number of aromatic hydroxyl groups is 1. The van der Waals surface area contributed by atoms with Gasteiger partial charge < -0.3 is 19.5 Å². The monoisotopic (exact) mass is 472 g/mol. The van der Waals surface area contributed by atoms with E-state index in [-0.39, 0.29) is 23.7 Å². The van der Waals surface area contributed by atoms with Crippen molar-refractivity contribution in [1.82, 2.24) is 9.47 Å². The molecule has 3 aliphatic carbocycles. The molecule has 4 heterocycles. The van der Waals surface area contributed by atoms with Crippen molar-refractivity contribution in [2.45, 2.75) is 74.7 Å². The summed E-state index contributed by atoms with van der Waals surface area (Å²) in [5.41, 5.74) is 4.98. The van der Waals surface area contributed by atoms with Crippen LogP contribution in [0.3, 0.4) is 0 Å². The van der Waals surface area contributed by atoms with E-state index in [2.05, 4.69) is 15.5 Å². The summed E-state index contributed by atoms with van der Waals surface area (Å²) in [5.74, 6) is 1.27. The predicted octanol–water partition coefficient (Wildman–Crippen LogP) is 4.13. The quantitative estimate of drug-likeness (QED) is 0.589. The van der Waals surface area contributed by atoms with E-state index in [4.69, 9.17) is 4.74 Å². The van der Waals surface area contributed by atoms with Gasteiger partial charge in [-0.2, -0.15) is 0 Å². The van der Waals surface area contributed by atoms with Crippen LogP contribution in [-0.4, -0.2) is 44.4 Å². The summed E-state index contributed by atoms with van der Waals surface area (Å²) in [5, 5.41) is 24.8. The fourth-order valence-electron chi connectivity index (χ4n) is 8.88. The summed E-state index contributed by atoms with van der Waals surface area (Å²) in [7, 11) is 0. The van der Waals surface area contributed by atoms with E-state index in [9.17, 15) is 14.6 Å². The van der Waals surface area contributed by atoms with Gasteiger partial charge in [0.15, 0.2) is 17.6 Å². The number of aliphatic hydroxyl groups is 1. The van der Waals surface area contributed by atoms with Crippen molar-refractivity contribution in [3.63, 3.8) is 0 Å². The van der Waals surface area contributed by atoms with Crippen molar-refractivity contribution < 1.29 is 19.3 Å². The minimum absolute atomic E-state index is 0.00403. The number of hydrogen-bond acceptors (Lipinski definition) is 4. The Hall–Kier alpha value is -2.57. The molecule has 0 radical (unpaired) electrons. The lowest BCUT2D eigenvalue weighted by atomic mass is 9.49. The van der Waals surface area contributed by atoms with Gasteiger partial charge in [-0.1, -0.05) is 6.07 Å². The maximum Gasteiger partial charge on any atom is 0.166 e. The highest BCUT2D eigenvalue weighted by molar-refractivity contribution is 5.90. The number of benzene rings is 2. The Labute approximate surface area is 203 Å². The molecule has 1 saturated carbocycles. The molecular weight excluding hydrogens is 443 g/mol. The molecule has 2 N–H and O–H groups in total. The van der Waals surface area contributed by atoms with Gasteiger partial charge in [0.2, 0.25) is 0 Å². The number of phenolic OH excluding ortho intramolecular Hbond substituents is 1. The first-order chi connectivity index (χ1) is 17.0. The number of halogens is 1. The number of likely N-dealkylation sites (tertiary alicyclic amines) is 1. The van der Waals surface area contributed by atoms with Crippen molar-refractivity contribution in [2.75, 3.05) is 13.1 Å². The number of hydrogen-bond donors (Lipinski definition) is 2. The van der Waals surface area contributed by atoms with Gasteiger partial charge in [0, 0.05) is 36.5 Å². The van der Waals surface area contributed by atoms with Crippen molar-refractivity contribution in [1.29, 1.82) is 0 Å². The Morgan fingerprint density at radius 1 is 1.14 bits per heavy atom. The second-order valence-corrected chi connectivity index (χ2v) is 12.0. The molecule has 3 aromatic rings. The molecule has 6 aliphatic rings. The molecule has 6 heteroatoms. The maximum atomic E-state index is 14.8. The normalized spacial score (nSPS) is 34.0. The molecule has 2 aromatic carbocycles. The van der Waals surface area contributed by atoms with Crippen LogP contribution in [0.5, 0.6) is 11.5 Å². The van der Waals surface area contributed by atoms with Crippen LogP contribution in [0.1, 0.15) is 59.7 Å². The van der Waals surface area contributed by atoms with Crippen molar-refractivity contribution in [2.24, 2.45) is 5.92 Å². The largest absolute Gasteiger partial charge is 0.504 e. The van der Waals surface area contributed by atoms with Crippen LogP contribution in [0.25, 0.3) is 10.9 Å². The molecule has 3 aliphatic heterocycles. The molecule has 1 spiro atoms. The Morgan fingerprint density at radius 2 is 2.03 bits per heavy atom. The standard InChI is InChI=1S/C29H29FN2O3/c30-18-10-17-2-1-8-32-24(17)19(12-18)20-13-29(34)22-11-16-5-6-21(33)26-23(16)28(29,27(35-26)25(20)32)7-9-31(22)14-15-3-4-15/h5-6,10,12,15,22,27,33-34H,1-4,7-9,11,13-14H2/t22-,27+,28+,29-/m1/s1. The molecule has 2 fully saturated rings. The molecule has 0 unspecified atom stereocenters. The van der Waals surface area contributed by atoms with Crippen LogP contribution in [0.4, 0.5) is 4.39 Å². The van der Waals surface area contributed by atoms with Gasteiger partial charge in [-0.05, 0) is 85.9 Å². The average Bonchev–Trinajstić information content (AvgIpc) is 3.50. The van der Waals surface area contributed by atoms with Gasteiger partial charge in [0.05, 0.1) is 22.2 Å². The molecule has 35 heavy (non-hydrogen) atoms. The van der Waals surface area contributed by atoms with Crippen molar-refractivity contribution in [3.8, 4) is 11.5 Å². The highest BCUT2D eigenvalue weighted by Crippen LogP contribution is 2.69. The predicted molar refractivity (Wildman–Crippen MR) is 128 cm³/mol. The van der Waals surface area contributed by atoms with E-state index in [1.807, 2.05) is 0 Å². The Morgan fingerprint density at radius 3 is 2.89 bits per heavy atom. The maximum absolute atomic E-state index is 14.8. The van der Waals surface area contributed by atoms with Crippen molar-refractivity contribution in [3.05, 3.63) is 58.0 Å². The lowest BCUT2D eigenvalue weighted by molar-refractivity contribution is -0.173. The van der Waals surface area contributed by atoms with Gasteiger partial charge >= 0.3 is 0 Å². The first-order valence-electron chi connectivity index (χ1n) is 13.3. The van der Waals surface area contributed by atoms with Gasteiger partial charge in [-0.15, -0.1) is 0 Å². The van der Waals surface area contributed by atoms with E-state index >= 15 is 0 Å². The van der Waals surface area contributed by atoms with Gasteiger partial charge in [0.1, 0.15) is 5.82 Å². The van der Waals surface area contributed by atoms with E-state index in [1.165, 1.54) is 18.4 Å². The smallest absolute Gasteiger partial charge is 0.166 e. The van der Waals surface area contributed by atoms with Gasteiger partial charge in [-0.3, -0.25) is 4.90 Å². The molecule has 0 amide bonds. The first-order valence-corrected chi connectivity index (χ1v) is 13.3. The molecule has 1 saturated heterocycles. The molecule has 5 nitrogen and oxygen atoms in total. The lowest BCUT2D eigenvalue weighted by Crippen LogP contribution is -2.74. The fourth-order valence-corrected chi connectivity index (χ4v) is 8.88. The zero-order valence-corrected chi connectivity index (χ0v) is 19.7. The Bertz CT molecular complexity index is 1470. The number of ether oxygens (including phenoxy) is 1. The molecule has 2 bridgehead atoms. The Balaban J connectivity index is 1.36. The molecule has 1 aromatic heterocycles. The number of fused-ring (bicyclic) bond motifs is 4. The van der Waals surface area contributed by atoms with Crippen LogP contribution in [-0.2, 0) is 31.2 Å². The van der Waals surface area contributed by atoms with Gasteiger partial charge in [0.25, 0.3) is 0 Å². The first kappa shape index (κ1) is 19.6. The summed E-state index contributed by atoms with van der Waals surface area (Å²) >= 11 is 0. The minimum Gasteiger partial charge on any atom is -0.504 e. The highest BCUT2D eigenvalue weighted by Gasteiger charge is 2.73. The van der Waals surface area contributed by atoms with Crippen LogP contribution < -0.4 is 4.74 Å². The number of nitrogens with zero attached hydrogens (tertiary/aromatic N) is 2. The lowest BCUT2D eigenvalue weighted by Gasteiger charge is -2.63. The van der Waals surface area contributed by atoms with Crippen LogP contribution >= 0.6 is 0 Å². The number of aryl methyl sites for hydroxylation is 2. The third-order valence-corrected chi connectivity index (χ3v) is 10.4. The van der Waals surface area contributed by atoms with Crippen molar-refractivity contribution >= 4 is 10.9 Å². The van der Waals surface area contributed by atoms with E-state index < -0.39 is 11.0 Å². The zero-order valence-electron chi connectivity index (χ0n) is 19.7. The molecule has 9 rings (SSSR count). The topological polar surface area (TPSA) is 57.9 Å². The fraction of sp³-hybridized carbons (Fsp3) is 0.517. The van der Waals surface area contributed by atoms with E-state index in [1.54, 1.807) is 18.2 Å². The number of phenols is 1. The summed E-state index contributed by atoms with van der Waals surface area (Å²) in [4.78, 5) is 2.54. The highest BCUT2D eigenvalue weighted by atomic mass is 19.1. The summed E-state index contributed by atoms with van der Waals surface area (Å²) < 4.78 is 23.9. The third kappa shape index (κ3) is 2.12. The number of aromatic nitrogens is 1. The molecule has 4 atom stereocenters. The van der Waals surface area contributed by atoms with Crippen LogP contribution in [0.15, 0.2) is 24.3 Å². The average molecular weight is 473 g/mol. The Kier molecular flexibility index (Phi) is 3.38.